The topological polar surface area (TPSA) is 323 Å². The van der Waals surface area contributed by atoms with E-state index in [0.717, 1.165) is 5.69 Å². The second kappa shape index (κ2) is 33.7. The maximum atomic E-state index is 13.3. The van der Waals surface area contributed by atoms with E-state index in [9.17, 15) is 70.6 Å². The molecular formula is C58H85NO18. The van der Waals surface area contributed by atoms with Crippen LogP contribution in [0, 0.1) is 17.8 Å². The molecule has 2 fully saturated rings. The number of aliphatic hydroxyl groups is 10. The molecule has 17 atom stereocenters. The third-order valence-electron chi connectivity index (χ3n) is 13.9. The Morgan fingerprint density at radius 3 is 1.77 bits per heavy atom. The number of fused-ring (bicyclic) bond motifs is 2. The highest BCUT2D eigenvalue weighted by Gasteiger charge is 2.50. The van der Waals surface area contributed by atoms with E-state index in [1.807, 2.05) is 56.4 Å². The van der Waals surface area contributed by atoms with Gasteiger partial charge in [0.1, 0.15) is 12.0 Å². The van der Waals surface area contributed by atoms with Gasteiger partial charge in [-0.2, -0.15) is 0 Å². The molecule has 19 heteroatoms. The highest BCUT2D eigenvalue weighted by molar-refractivity contribution is 5.96. The van der Waals surface area contributed by atoms with Crippen LogP contribution in [0.2, 0.25) is 0 Å². The van der Waals surface area contributed by atoms with Crippen LogP contribution in [0.25, 0.3) is 0 Å². The number of cyclic esters (lactones) is 1. The summed E-state index contributed by atoms with van der Waals surface area (Å²) in [7, 11) is 1.77. The lowest BCUT2D eigenvalue weighted by molar-refractivity contribution is -0.303. The Morgan fingerprint density at radius 1 is 0.701 bits per heavy atom. The molecule has 17 unspecified atom stereocenters. The molecule has 0 aromatic heterocycles. The lowest BCUT2D eigenvalue weighted by Crippen LogP contribution is -2.56. The van der Waals surface area contributed by atoms with E-state index in [4.69, 9.17) is 18.9 Å². The van der Waals surface area contributed by atoms with Gasteiger partial charge in [0.05, 0.1) is 80.2 Å². The molecule has 77 heavy (non-hydrogen) atoms. The van der Waals surface area contributed by atoms with Crippen LogP contribution in [-0.4, -0.2) is 173 Å². The predicted octanol–water partition coefficient (Wildman–Crippen LogP) is 4.24. The second-order valence-corrected chi connectivity index (χ2v) is 20.8. The summed E-state index contributed by atoms with van der Waals surface area (Å²) in [4.78, 5) is 38.7. The maximum Gasteiger partial charge on any atom is 0.311 e. The van der Waals surface area contributed by atoms with Crippen LogP contribution in [0.5, 0.6) is 0 Å². The summed E-state index contributed by atoms with van der Waals surface area (Å²) in [5, 5.41) is 122. The number of nitrogens with one attached hydrogen (secondary N) is 1. The SMILES string of the molecule is CNc1ccc(C(=O)CC(O)CCC(C)C2OC(=O)CC(O)CC(O)CC(O)CC(O)CC(O)CC(O)CC3(O)CC(O)C(C(=O)O)C(CC(OC4CCC(O)CO4)/C=C/C=C/C=C/C=C/C=C/C=C/C=C/C2C)O3)cc1. The molecule has 0 amide bonds. The first-order chi connectivity index (χ1) is 36.6. The number of rotatable bonds is 11. The van der Waals surface area contributed by atoms with Gasteiger partial charge in [-0.1, -0.05) is 98.9 Å². The first kappa shape index (κ1) is 64.8. The molecule has 0 aliphatic carbocycles. The van der Waals surface area contributed by atoms with Crippen molar-refractivity contribution < 1.29 is 89.5 Å². The molecule has 4 rings (SSSR count). The summed E-state index contributed by atoms with van der Waals surface area (Å²) >= 11 is 0. The van der Waals surface area contributed by atoms with Gasteiger partial charge in [-0.15, -0.1) is 0 Å². The Labute approximate surface area is 452 Å². The Kier molecular flexibility index (Phi) is 28.3. The average molecular weight is 1080 g/mol. The molecule has 3 heterocycles. The van der Waals surface area contributed by atoms with Gasteiger partial charge in [0.2, 0.25) is 0 Å². The van der Waals surface area contributed by atoms with Gasteiger partial charge in [0, 0.05) is 56.3 Å². The van der Waals surface area contributed by atoms with Crippen LogP contribution in [0.1, 0.15) is 114 Å². The Morgan fingerprint density at radius 2 is 1.23 bits per heavy atom. The average Bonchev–Trinajstić information content (AvgIpc) is 3.34. The summed E-state index contributed by atoms with van der Waals surface area (Å²) < 4.78 is 23.8. The lowest BCUT2D eigenvalue weighted by Gasteiger charge is -2.44. The number of aliphatic hydroxyl groups excluding tert-OH is 9. The number of hydrogen-bond acceptors (Lipinski definition) is 18. The van der Waals surface area contributed by atoms with E-state index in [2.05, 4.69) is 5.32 Å². The molecule has 0 spiro atoms. The van der Waals surface area contributed by atoms with Gasteiger partial charge in [-0.3, -0.25) is 14.4 Å². The molecular weight excluding hydrogens is 999 g/mol. The van der Waals surface area contributed by atoms with Crippen LogP contribution in [-0.2, 0) is 28.5 Å². The predicted molar refractivity (Wildman–Crippen MR) is 287 cm³/mol. The Bertz CT molecular complexity index is 2130. The number of allylic oxidation sites excluding steroid dienone is 12. The highest BCUT2D eigenvalue weighted by Crippen LogP contribution is 2.38. The van der Waals surface area contributed by atoms with Crippen LogP contribution >= 0.6 is 0 Å². The number of anilines is 1. The Hall–Kier alpha value is -4.71. The second-order valence-electron chi connectivity index (χ2n) is 20.8. The minimum absolute atomic E-state index is 0.0303. The quantitative estimate of drug-likeness (QED) is 0.109. The zero-order chi connectivity index (χ0) is 56.5. The normalized spacial score (nSPS) is 37.1. The van der Waals surface area contributed by atoms with Crippen molar-refractivity contribution in [3.63, 3.8) is 0 Å². The number of carbonyl (C=O) groups is 3. The van der Waals surface area contributed by atoms with Crippen molar-refractivity contribution in [2.24, 2.45) is 17.8 Å². The fraction of sp³-hybridized carbons (Fsp3) is 0.603. The van der Waals surface area contributed by atoms with Crippen LogP contribution in [0.15, 0.2) is 109 Å². The standard InChI is InChI=1S/C58H85NO18/c1-37-16-14-12-10-8-6-4-5-7-9-11-13-15-17-49(75-54-25-24-42(61)36-74-54)33-52-55(57(71)72)51(69)35-58(73,77-52)34-48(67)30-46(65)28-44(63)26-43(62)27-45(64)29-47(66)32-53(70)76-56(37)38(2)18-23-41(60)31-50(68)39-19-21-40(59-3)22-20-39/h4-17,19-22,37-38,41-49,51-52,54-56,59-67,69,73H,18,23-36H2,1-3H3,(H,71,72)/b5-4+,8-6+,9-7+,12-10+,13-11+,16-14+,17-15+. The van der Waals surface area contributed by atoms with Crippen molar-refractivity contribution in [1.82, 2.24) is 0 Å². The fourth-order valence-corrected chi connectivity index (χ4v) is 9.86. The third kappa shape index (κ3) is 24.5. The van der Waals surface area contributed by atoms with Gasteiger partial charge in [-0.05, 0) is 81.5 Å². The van der Waals surface area contributed by atoms with Gasteiger partial charge in [0.25, 0.3) is 0 Å². The lowest BCUT2D eigenvalue weighted by atomic mass is 9.82. The van der Waals surface area contributed by atoms with Gasteiger partial charge < -0.3 is 80.4 Å². The number of carboxylic acid groups (broad SMARTS) is 1. The van der Waals surface area contributed by atoms with Gasteiger partial charge in [-0.25, -0.2) is 0 Å². The summed E-state index contributed by atoms with van der Waals surface area (Å²) in [6, 6.07) is 6.95. The highest BCUT2D eigenvalue weighted by atomic mass is 16.7. The molecule has 3 aliphatic rings. The molecule has 2 bridgehead atoms. The molecule has 2 saturated heterocycles. The van der Waals surface area contributed by atoms with Crippen LogP contribution in [0.4, 0.5) is 5.69 Å². The van der Waals surface area contributed by atoms with Crippen molar-refractivity contribution in [1.29, 1.82) is 0 Å². The number of benzene rings is 1. The molecule has 0 saturated carbocycles. The third-order valence-corrected chi connectivity index (χ3v) is 13.9. The van der Waals surface area contributed by atoms with Crippen molar-refractivity contribution in [3.8, 4) is 0 Å². The first-order valence-electron chi connectivity index (χ1n) is 26.8. The molecule has 12 N–H and O–H groups in total. The van der Waals surface area contributed by atoms with E-state index in [1.165, 1.54) is 0 Å². The van der Waals surface area contributed by atoms with Crippen molar-refractivity contribution >= 4 is 23.4 Å². The summed E-state index contributed by atoms with van der Waals surface area (Å²) in [5.41, 5.74) is 1.33. The summed E-state index contributed by atoms with van der Waals surface area (Å²) in [6.07, 6.45) is 7.77. The maximum absolute atomic E-state index is 13.3. The van der Waals surface area contributed by atoms with Crippen LogP contribution in [0.3, 0.4) is 0 Å². The molecule has 19 nitrogen and oxygen atoms in total. The number of carbonyl (C=O) groups excluding carboxylic acids is 2. The number of ketones is 1. The number of aliphatic carboxylic acids is 1. The molecule has 1 aromatic carbocycles. The number of ether oxygens (including phenoxy) is 4. The van der Waals surface area contributed by atoms with E-state index >= 15 is 0 Å². The van der Waals surface area contributed by atoms with Gasteiger partial charge in [0.15, 0.2) is 17.9 Å². The molecule has 0 radical (unpaired) electrons. The van der Waals surface area contributed by atoms with E-state index in [0.29, 0.717) is 24.8 Å². The first-order valence-corrected chi connectivity index (χ1v) is 26.8. The fourth-order valence-electron chi connectivity index (χ4n) is 9.86. The number of esters is 1. The van der Waals surface area contributed by atoms with E-state index < -0.39 is 122 Å². The monoisotopic (exact) mass is 1080 g/mol. The van der Waals surface area contributed by atoms with E-state index in [-0.39, 0.29) is 75.6 Å². The zero-order valence-corrected chi connectivity index (χ0v) is 44.5. The molecule has 430 valence electrons. The molecule has 3 aliphatic heterocycles. The zero-order valence-electron chi connectivity index (χ0n) is 44.5. The minimum atomic E-state index is -2.25. The number of hydrogen-bond donors (Lipinski definition) is 12. The Balaban J connectivity index is 1.50. The summed E-state index contributed by atoms with van der Waals surface area (Å²) in [6.45, 7) is 3.77. The number of carboxylic acids is 1. The minimum Gasteiger partial charge on any atom is -0.481 e. The van der Waals surface area contributed by atoms with E-state index in [1.54, 1.807) is 73.8 Å². The number of Topliss-reactive ketones (excluding diaryl/α,β-unsaturated/α-hetero) is 1. The van der Waals surface area contributed by atoms with Crippen molar-refractivity contribution in [2.75, 3.05) is 19.0 Å². The van der Waals surface area contributed by atoms with Gasteiger partial charge >= 0.3 is 11.9 Å². The molecule has 1 aromatic rings. The summed E-state index contributed by atoms with van der Waals surface area (Å²) in [5.74, 6) is -6.70. The van der Waals surface area contributed by atoms with Crippen molar-refractivity contribution in [2.45, 2.75) is 189 Å². The smallest absolute Gasteiger partial charge is 0.311 e. The largest absolute Gasteiger partial charge is 0.481 e. The van der Waals surface area contributed by atoms with Crippen molar-refractivity contribution in [3.05, 3.63) is 115 Å². The van der Waals surface area contributed by atoms with Crippen LogP contribution < -0.4 is 5.32 Å².